The predicted molar refractivity (Wildman–Crippen MR) is 77.6 cm³/mol. The Labute approximate surface area is 125 Å². The highest BCUT2D eigenvalue weighted by atomic mass is 16.5. The van der Waals surface area contributed by atoms with Crippen molar-refractivity contribution in [3.8, 4) is 0 Å². The maximum absolute atomic E-state index is 12.0. The number of piperidine rings is 1. The zero-order valence-electron chi connectivity index (χ0n) is 13.0. The number of carbonyl (C=O) groups is 3. The summed E-state index contributed by atoms with van der Waals surface area (Å²) in [7, 11) is 0. The molecular weight excluding hydrogens is 274 g/mol. The average molecular weight is 299 g/mol. The van der Waals surface area contributed by atoms with Crippen LogP contribution in [0.25, 0.3) is 0 Å². The fourth-order valence-corrected chi connectivity index (χ4v) is 2.40. The molecule has 1 saturated heterocycles. The molecule has 0 saturated carbocycles. The second-order valence-electron chi connectivity index (χ2n) is 5.11. The molecular formula is C14H25N3O4. The van der Waals surface area contributed by atoms with Crippen LogP contribution in [0, 0.1) is 5.92 Å². The minimum Gasteiger partial charge on any atom is -0.466 e. The monoisotopic (exact) mass is 299 g/mol. The number of amides is 3. The molecule has 21 heavy (non-hydrogen) atoms. The lowest BCUT2D eigenvalue weighted by Crippen LogP contribution is -2.52. The van der Waals surface area contributed by atoms with E-state index in [4.69, 9.17) is 4.74 Å². The highest BCUT2D eigenvalue weighted by Crippen LogP contribution is 2.19. The van der Waals surface area contributed by atoms with Gasteiger partial charge < -0.3 is 10.1 Å². The van der Waals surface area contributed by atoms with Crippen LogP contribution in [0.1, 0.15) is 33.6 Å². The van der Waals surface area contributed by atoms with E-state index in [1.54, 1.807) is 20.8 Å². The Kier molecular flexibility index (Phi) is 7.14. The molecule has 1 aliphatic heterocycles. The summed E-state index contributed by atoms with van der Waals surface area (Å²) < 4.78 is 5.04. The van der Waals surface area contributed by atoms with Gasteiger partial charge in [0.05, 0.1) is 18.6 Å². The Morgan fingerprint density at radius 3 is 2.67 bits per heavy atom. The molecule has 0 aromatic rings. The van der Waals surface area contributed by atoms with Gasteiger partial charge in [-0.3, -0.25) is 19.8 Å². The molecule has 1 aliphatic rings. The fraction of sp³-hybridized carbons (Fsp3) is 0.786. The highest BCUT2D eigenvalue weighted by molar-refractivity contribution is 5.96. The van der Waals surface area contributed by atoms with E-state index in [0.717, 1.165) is 19.4 Å². The van der Waals surface area contributed by atoms with Gasteiger partial charge in [0.25, 0.3) is 0 Å². The normalized spacial score (nSPS) is 20.4. The van der Waals surface area contributed by atoms with Crippen molar-refractivity contribution < 1.29 is 19.1 Å². The summed E-state index contributed by atoms with van der Waals surface area (Å²) in [6.07, 6.45) is 1.61. The quantitative estimate of drug-likeness (QED) is 0.722. The van der Waals surface area contributed by atoms with Gasteiger partial charge in [0, 0.05) is 13.1 Å². The number of esters is 1. The van der Waals surface area contributed by atoms with Crippen LogP contribution >= 0.6 is 0 Å². The summed E-state index contributed by atoms with van der Waals surface area (Å²) in [5.74, 6) is -0.762. The minimum absolute atomic E-state index is 0.196. The van der Waals surface area contributed by atoms with E-state index in [1.807, 2.05) is 4.90 Å². The lowest BCUT2D eigenvalue weighted by atomic mass is 9.97. The number of ether oxygens (including phenoxy) is 1. The molecule has 1 heterocycles. The van der Waals surface area contributed by atoms with Crippen LogP contribution in [0.3, 0.4) is 0 Å². The molecule has 1 unspecified atom stereocenters. The molecule has 0 aromatic heterocycles. The van der Waals surface area contributed by atoms with Gasteiger partial charge in [0.1, 0.15) is 0 Å². The molecule has 0 spiro atoms. The summed E-state index contributed by atoms with van der Waals surface area (Å²) in [6.45, 7) is 7.35. The number of hydrogen-bond donors (Lipinski definition) is 2. The summed E-state index contributed by atoms with van der Waals surface area (Å²) in [4.78, 5) is 37.1. The average Bonchev–Trinajstić information content (AvgIpc) is 2.47. The molecule has 3 amide bonds. The summed E-state index contributed by atoms with van der Waals surface area (Å²) in [6, 6.07) is -0.946. The van der Waals surface area contributed by atoms with Crippen LogP contribution < -0.4 is 10.6 Å². The smallest absolute Gasteiger partial charge is 0.321 e. The SMILES string of the molecule is CCNC(=O)NC(=O)C(C)N1CCC[C@@H](C(=O)OCC)C1. The fourth-order valence-electron chi connectivity index (χ4n) is 2.40. The van der Waals surface area contributed by atoms with Gasteiger partial charge in [0.15, 0.2) is 0 Å². The molecule has 7 nitrogen and oxygen atoms in total. The Morgan fingerprint density at radius 2 is 2.05 bits per heavy atom. The van der Waals surface area contributed by atoms with Crippen molar-refractivity contribution >= 4 is 17.9 Å². The lowest BCUT2D eigenvalue weighted by molar-refractivity contribution is -0.151. The third-order valence-corrected chi connectivity index (χ3v) is 3.57. The number of likely N-dealkylation sites (tertiary alicyclic amines) is 1. The van der Waals surface area contributed by atoms with Gasteiger partial charge >= 0.3 is 12.0 Å². The summed E-state index contributed by atoms with van der Waals surface area (Å²) >= 11 is 0. The van der Waals surface area contributed by atoms with E-state index in [2.05, 4.69) is 10.6 Å². The molecule has 1 fully saturated rings. The van der Waals surface area contributed by atoms with Crippen molar-refractivity contribution in [1.82, 2.24) is 15.5 Å². The molecule has 120 valence electrons. The van der Waals surface area contributed by atoms with Gasteiger partial charge in [-0.05, 0) is 40.2 Å². The van der Waals surface area contributed by atoms with E-state index < -0.39 is 12.1 Å². The van der Waals surface area contributed by atoms with Crippen LogP contribution in [0.15, 0.2) is 0 Å². The Hall–Kier alpha value is -1.63. The highest BCUT2D eigenvalue weighted by Gasteiger charge is 2.31. The number of imide groups is 1. The van der Waals surface area contributed by atoms with Crippen molar-refractivity contribution in [2.24, 2.45) is 5.92 Å². The molecule has 2 N–H and O–H groups in total. The Balaban J connectivity index is 2.53. The first-order valence-corrected chi connectivity index (χ1v) is 7.48. The molecule has 0 aliphatic carbocycles. The number of rotatable bonds is 5. The van der Waals surface area contributed by atoms with Crippen molar-refractivity contribution in [3.05, 3.63) is 0 Å². The third kappa shape index (κ3) is 5.34. The van der Waals surface area contributed by atoms with Crippen molar-refractivity contribution in [3.63, 3.8) is 0 Å². The van der Waals surface area contributed by atoms with Gasteiger partial charge in [0.2, 0.25) is 5.91 Å². The zero-order chi connectivity index (χ0) is 15.8. The second-order valence-corrected chi connectivity index (χ2v) is 5.11. The van der Waals surface area contributed by atoms with E-state index in [9.17, 15) is 14.4 Å². The van der Waals surface area contributed by atoms with Crippen molar-refractivity contribution in [1.29, 1.82) is 0 Å². The molecule has 0 aromatic carbocycles. The first-order valence-electron chi connectivity index (χ1n) is 7.48. The van der Waals surface area contributed by atoms with Crippen molar-refractivity contribution in [2.45, 2.75) is 39.7 Å². The molecule has 2 atom stereocenters. The van der Waals surface area contributed by atoms with Crippen LogP contribution in [0.2, 0.25) is 0 Å². The molecule has 0 bridgehead atoms. The predicted octanol–water partition coefficient (Wildman–Crippen LogP) is 0.496. The molecule has 1 rings (SSSR count). The van der Waals surface area contributed by atoms with E-state index >= 15 is 0 Å². The van der Waals surface area contributed by atoms with Crippen LogP contribution in [-0.2, 0) is 14.3 Å². The first kappa shape index (κ1) is 17.4. The minimum atomic E-state index is -0.492. The van der Waals surface area contributed by atoms with Crippen molar-refractivity contribution in [2.75, 3.05) is 26.2 Å². The Bertz CT molecular complexity index is 386. The van der Waals surface area contributed by atoms with Gasteiger partial charge in [-0.2, -0.15) is 0 Å². The zero-order valence-corrected chi connectivity index (χ0v) is 13.0. The number of carbonyl (C=O) groups excluding carboxylic acids is 3. The van der Waals surface area contributed by atoms with Gasteiger partial charge in [-0.25, -0.2) is 4.79 Å². The number of hydrogen-bond acceptors (Lipinski definition) is 5. The standard InChI is InChI=1S/C14H25N3O4/c1-4-15-14(20)16-12(18)10(3)17-8-6-7-11(9-17)13(19)21-5-2/h10-11H,4-9H2,1-3H3,(H2,15,16,18,20)/t10?,11-/m1/s1. The maximum atomic E-state index is 12.0. The van der Waals surface area contributed by atoms with Crippen LogP contribution in [-0.4, -0.2) is 55.1 Å². The number of nitrogens with zero attached hydrogens (tertiary/aromatic N) is 1. The number of nitrogens with one attached hydrogen (secondary N) is 2. The van der Waals surface area contributed by atoms with Gasteiger partial charge in [-0.15, -0.1) is 0 Å². The second kappa shape index (κ2) is 8.61. The van der Waals surface area contributed by atoms with Crippen LogP contribution in [0.5, 0.6) is 0 Å². The maximum Gasteiger partial charge on any atom is 0.321 e. The first-order chi connectivity index (χ1) is 9.99. The summed E-state index contributed by atoms with van der Waals surface area (Å²) in [5, 5.41) is 4.81. The Morgan fingerprint density at radius 1 is 1.33 bits per heavy atom. The van der Waals surface area contributed by atoms with E-state index in [0.29, 0.717) is 19.7 Å². The molecule has 7 heteroatoms. The van der Waals surface area contributed by atoms with Crippen LogP contribution in [0.4, 0.5) is 4.79 Å². The molecule has 0 radical (unpaired) electrons. The lowest BCUT2D eigenvalue weighted by Gasteiger charge is -2.34. The third-order valence-electron chi connectivity index (χ3n) is 3.57. The van der Waals surface area contributed by atoms with E-state index in [1.165, 1.54) is 0 Å². The summed E-state index contributed by atoms with van der Waals surface area (Å²) in [5.41, 5.74) is 0. The van der Waals surface area contributed by atoms with E-state index in [-0.39, 0.29) is 17.8 Å². The number of urea groups is 1. The topological polar surface area (TPSA) is 87.7 Å². The largest absolute Gasteiger partial charge is 0.466 e. The van der Waals surface area contributed by atoms with Gasteiger partial charge in [-0.1, -0.05) is 0 Å².